The monoisotopic (exact) mass is 210 g/mol. The number of hydrogen-bond donors (Lipinski definition) is 1. The number of rotatable bonds is 3. The van der Waals surface area contributed by atoms with E-state index in [1.807, 2.05) is 0 Å². The lowest BCUT2D eigenvalue weighted by atomic mass is 10.2. The van der Waals surface area contributed by atoms with Crippen LogP contribution in [0.15, 0.2) is 24.5 Å². The first-order chi connectivity index (χ1) is 7.00. The molecule has 1 N–H and O–H groups in total. The highest BCUT2D eigenvalue weighted by atomic mass is 16.5. The van der Waals surface area contributed by atoms with Crippen molar-refractivity contribution in [2.45, 2.75) is 0 Å². The summed E-state index contributed by atoms with van der Waals surface area (Å²) in [4.78, 5) is 22.9. The van der Waals surface area contributed by atoms with Crippen molar-refractivity contribution in [3.63, 3.8) is 0 Å². The average Bonchev–Trinajstić information content (AvgIpc) is 2.15. The maximum Gasteiger partial charge on any atom is 0.323 e. The van der Waals surface area contributed by atoms with Gasteiger partial charge < -0.3 is 15.2 Å². The van der Waals surface area contributed by atoms with E-state index in [0.29, 0.717) is 4.73 Å². The third-order valence-electron chi connectivity index (χ3n) is 1.74. The van der Waals surface area contributed by atoms with Crippen molar-refractivity contribution >= 4 is 11.9 Å². The van der Waals surface area contributed by atoms with Crippen LogP contribution in [0.3, 0.4) is 0 Å². The SMILES string of the molecule is CN(CC(=O)O)C(=O)c1ccc[n+]([O-])c1. The Morgan fingerprint density at radius 2 is 2.27 bits per heavy atom. The predicted molar refractivity (Wildman–Crippen MR) is 50.0 cm³/mol. The molecular formula is C9H10N2O4. The number of carboxylic acids is 1. The summed E-state index contributed by atoms with van der Waals surface area (Å²) in [5.41, 5.74) is 0.163. The summed E-state index contributed by atoms with van der Waals surface area (Å²) in [7, 11) is 1.36. The Balaban J connectivity index is 2.80. The lowest BCUT2D eigenvalue weighted by Crippen LogP contribution is -2.34. The Labute approximate surface area is 85.9 Å². The Morgan fingerprint density at radius 3 is 2.80 bits per heavy atom. The van der Waals surface area contributed by atoms with Crippen LogP contribution in [0.4, 0.5) is 0 Å². The van der Waals surface area contributed by atoms with Gasteiger partial charge in [-0.15, -0.1) is 0 Å². The molecule has 0 radical (unpaired) electrons. The van der Waals surface area contributed by atoms with E-state index in [9.17, 15) is 14.8 Å². The minimum Gasteiger partial charge on any atom is -0.619 e. The molecule has 0 aromatic carbocycles. The normalized spacial score (nSPS) is 9.67. The molecule has 0 unspecified atom stereocenters. The molecule has 0 aliphatic carbocycles. The zero-order valence-electron chi connectivity index (χ0n) is 8.08. The topological polar surface area (TPSA) is 84.6 Å². The molecule has 0 atom stereocenters. The Bertz CT molecular complexity index is 391. The van der Waals surface area contributed by atoms with E-state index in [1.54, 1.807) is 0 Å². The maximum absolute atomic E-state index is 11.5. The van der Waals surface area contributed by atoms with E-state index in [1.165, 1.54) is 25.4 Å². The van der Waals surface area contributed by atoms with E-state index in [2.05, 4.69) is 0 Å². The van der Waals surface area contributed by atoms with Gasteiger partial charge in [0.05, 0.1) is 0 Å². The number of carbonyl (C=O) groups is 2. The molecule has 0 saturated carbocycles. The standard InChI is InChI=1S/C9H10N2O4/c1-10(6-8(12)13)9(14)7-3-2-4-11(15)5-7/h2-5H,6H2,1H3,(H,12,13). The van der Waals surface area contributed by atoms with Gasteiger partial charge in [0.2, 0.25) is 0 Å². The van der Waals surface area contributed by atoms with Crippen LogP contribution >= 0.6 is 0 Å². The van der Waals surface area contributed by atoms with Crippen LogP contribution in [0.2, 0.25) is 0 Å². The van der Waals surface area contributed by atoms with Gasteiger partial charge in [0.1, 0.15) is 12.1 Å². The minimum atomic E-state index is -1.10. The predicted octanol–water partition coefficient (Wildman–Crippen LogP) is -0.523. The van der Waals surface area contributed by atoms with Crippen LogP contribution < -0.4 is 4.73 Å². The molecular weight excluding hydrogens is 200 g/mol. The molecule has 6 nitrogen and oxygen atoms in total. The third-order valence-corrected chi connectivity index (χ3v) is 1.74. The summed E-state index contributed by atoms with van der Waals surface area (Å²) in [5, 5.41) is 19.3. The second kappa shape index (κ2) is 4.41. The lowest BCUT2D eigenvalue weighted by molar-refractivity contribution is -0.605. The van der Waals surface area contributed by atoms with E-state index in [0.717, 1.165) is 11.1 Å². The fourth-order valence-electron chi connectivity index (χ4n) is 1.08. The van der Waals surface area contributed by atoms with Gasteiger partial charge in [0.25, 0.3) is 5.91 Å². The highest BCUT2D eigenvalue weighted by Gasteiger charge is 2.15. The summed E-state index contributed by atoms with van der Waals surface area (Å²) in [6, 6.07) is 2.88. The Kier molecular flexibility index (Phi) is 3.22. The molecule has 0 spiro atoms. The molecule has 0 aliphatic rings. The molecule has 80 valence electrons. The molecule has 1 rings (SSSR count). The van der Waals surface area contributed by atoms with Crippen molar-refractivity contribution < 1.29 is 19.4 Å². The van der Waals surface area contributed by atoms with Crippen LogP contribution in [0, 0.1) is 5.21 Å². The van der Waals surface area contributed by atoms with E-state index >= 15 is 0 Å². The zero-order valence-corrected chi connectivity index (χ0v) is 8.08. The number of amides is 1. The van der Waals surface area contributed by atoms with Crippen molar-refractivity contribution in [2.24, 2.45) is 0 Å². The van der Waals surface area contributed by atoms with Crippen molar-refractivity contribution in [3.05, 3.63) is 35.3 Å². The molecule has 1 amide bonds. The van der Waals surface area contributed by atoms with Gasteiger partial charge in [-0.05, 0) is 6.07 Å². The van der Waals surface area contributed by atoms with Crippen LogP contribution in [0.25, 0.3) is 0 Å². The molecule has 1 aromatic heterocycles. The van der Waals surface area contributed by atoms with E-state index < -0.39 is 18.4 Å². The van der Waals surface area contributed by atoms with Gasteiger partial charge >= 0.3 is 5.97 Å². The van der Waals surface area contributed by atoms with Gasteiger partial charge in [-0.1, -0.05) is 0 Å². The maximum atomic E-state index is 11.5. The number of likely N-dealkylation sites (N-methyl/N-ethyl adjacent to an activating group) is 1. The number of nitrogens with zero attached hydrogens (tertiary/aromatic N) is 2. The highest BCUT2D eigenvalue weighted by Crippen LogP contribution is 1.99. The van der Waals surface area contributed by atoms with Crippen LogP contribution in [-0.4, -0.2) is 35.5 Å². The molecule has 1 heterocycles. The van der Waals surface area contributed by atoms with Gasteiger partial charge in [-0.2, -0.15) is 4.73 Å². The number of aliphatic carboxylic acids is 1. The van der Waals surface area contributed by atoms with Gasteiger partial charge in [0, 0.05) is 13.1 Å². The van der Waals surface area contributed by atoms with Gasteiger partial charge in [-0.3, -0.25) is 9.59 Å². The molecule has 15 heavy (non-hydrogen) atoms. The molecule has 0 fully saturated rings. The van der Waals surface area contributed by atoms with Crippen molar-refractivity contribution in [3.8, 4) is 0 Å². The third kappa shape index (κ3) is 2.94. The Morgan fingerprint density at radius 1 is 1.60 bits per heavy atom. The zero-order chi connectivity index (χ0) is 11.4. The quantitative estimate of drug-likeness (QED) is 0.537. The smallest absolute Gasteiger partial charge is 0.323 e. The Hall–Kier alpha value is -2.11. The van der Waals surface area contributed by atoms with E-state index in [-0.39, 0.29) is 5.56 Å². The summed E-state index contributed by atoms with van der Waals surface area (Å²) in [6.45, 7) is -0.396. The first-order valence-corrected chi connectivity index (χ1v) is 4.17. The van der Waals surface area contributed by atoms with Gasteiger partial charge in [-0.25, -0.2) is 0 Å². The molecule has 0 aliphatic heterocycles. The number of aromatic nitrogens is 1. The van der Waals surface area contributed by atoms with Crippen molar-refractivity contribution in [1.82, 2.24) is 4.90 Å². The molecule has 6 heteroatoms. The number of pyridine rings is 1. The fraction of sp³-hybridized carbons (Fsp3) is 0.222. The van der Waals surface area contributed by atoms with Gasteiger partial charge in [0.15, 0.2) is 12.4 Å². The number of carboxylic acid groups (broad SMARTS) is 1. The number of hydrogen-bond acceptors (Lipinski definition) is 3. The van der Waals surface area contributed by atoms with Crippen LogP contribution in [0.5, 0.6) is 0 Å². The van der Waals surface area contributed by atoms with Crippen LogP contribution in [0.1, 0.15) is 10.4 Å². The summed E-state index contributed by atoms with van der Waals surface area (Å²) in [6.07, 6.45) is 2.34. The molecule has 0 bridgehead atoms. The summed E-state index contributed by atoms with van der Waals surface area (Å²) in [5.74, 6) is -1.60. The minimum absolute atomic E-state index is 0.163. The van der Waals surface area contributed by atoms with E-state index in [4.69, 9.17) is 5.11 Å². The lowest BCUT2D eigenvalue weighted by Gasteiger charge is -2.13. The largest absolute Gasteiger partial charge is 0.619 e. The highest BCUT2D eigenvalue weighted by molar-refractivity contribution is 5.95. The molecule has 1 aromatic rings. The number of carbonyl (C=O) groups excluding carboxylic acids is 1. The first kappa shape index (κ1) is 11.0. The van der Waals surface area contributed by atoms with Crippen molar-refractivity contribution in [1.29, 1.82) is 0 Å². The first-order valence-electron chi connectivity index (χ1n) is 4.17. The summed E-state index contributed by atoms with van der Waals surface area (Å²) < 4.78 is 0.488. The van der Waals surface area contributed by atoms with Crippen LogP contribution in [-0.2, 0) is 4.79 Å². The fourth-order valence-corrected chi connectivity index (χ4v) is 1.08. The second-order valence-corrected chi connectivity index (χ2v) is 3.01. The van der Waals surface area contributed by atoms with Crippen molar-refractivity contribution in [2.75, 3.05) is 13.6 Å². The average molecular weight is 210 g/mol. The molecule has 0 saturated heterocycles. The summed E-state index contributed by atoms with van der Waals surface area (Å²) >= 11 is 0. The second-order valence-electron chi connectivity index (χ2n) is 3.01.